The maximum absolute atomic E-state index is 5.71. The van der Waals surface area contributed by atoms with E-state index in [-0.39, 0.29) is 35.6 Å². The summed E-state index contributed by atoms with van der Waals surface area (Å²) in [5, 5.41) is 0. The number of allylic oxidation sites excluding steroid dienone is 4. The summed E-state index contributed by atoms with van der Waals surface area (Å²) in [4.78, 5) is 0. The standard InChI is InChI=1S/C21H25.C13H13.C6H5.C2H5.CH2.2ClH.Zr/c1-20(2,3)16-9-7-14-11-15-8-10-17(21(4,5)6)13-19(15)18(14)12-16;1-10-8-11(2)13(9-10)12-6-4-3-5-7-12;1-2-4-6-5-3-1;1-2;;;;/h7,9-10,12-13H,11H2,1-6H3;3-7,9-10H,1-2H3;1-5H;1H2,2H3;1H2;2*1H;. The molecule has 1 unspecified atom stereocenters. The third kappa shape index (κ3) is 5.63. The number of hydrogen-bond donors (Lipinski definition) is 0. The fourth-order valence-corrected chi connectivity index (χ4v) is 25.1. The van der Waals surface area contributed by atoms with Gasteiger partial charge in [-0.15, -0.1) is 24.8 Å². The Balaban J connectivity index is 0.00000240. The zero-order chi connectivity index (χ0) is 31.7. The Bertz CT molecular complexity index is 1900. The van der Waals surface area contributed by atoms with Crippen LogP contribution in [0.1, 0.15) is 90.1 Å². The van der Waals surface area contributed by atoms with E-state index in [1.54, 1.807) is 6.55 Å². The molecule has 0 heterocycles. The predicted molar refractivity (Wildman–Crippen MR) is 206 cm³/mol. The molecule has 6 rings (SSSR count). The van der Waals surface area contributed by atoms with Crippen molar-refractivity contribution in [3.8, 4) is 11.1 Å². The van der Waals surface area contributed by atoms with Crippen molar-refractivity contribution >= 4 is 41.1 Å². The monoisotopic (exact) mass is 728 g/mol. The van der Waals surface area contributed by atoms with Gasteiger partial charge in [-0.2, -0.15) is 0 Å². The van der Waals surface area contributed by atoms with Gasteiger partial charge in [0, 0.05) is 0 Å². The van der Waals surface area contributed by atoms with Crippen LogP contribution in [-0.4, -0.2) is 4.21 Å². The van der Waals surface area contributed by atoms with Gasteiger partial charge in [0.1, 0.15) is 0 Å². The van der Waals surface area contributed by atoms with Crippen LogP contribution in [0.15, 0.2) is 106 Å². The molecule has 0 saturated heterocycles. The summed E-state index contributed by atoms with van der Waals surface area (Å²) in [5.74, 6) is 0.332. The summed E-state index contributed by atoms with van der Waals surface area (Å²) in [7, 11) is 0. The maximum atomic E-state index is 5.71. The number of rotatable bonds is 5. The molecule has 0 saturated carbocycles. The minimum absolute atomic E-state index is 0. The van der Waals surface area contributed by atoms with Crippen molar-refractivity contribution in [3.05, 3.63) is 134 Å². The van der Waals surface area contributed by atoms with Gasteiger partial charge in [0.25, 0.3) is 0 Å². The molecule has 0 amide bonds. The Morgan fingerprint density at radius 3 is 1.87 bits per heavy atom. The summed E-state index contributed by atoms with van der Waals surface area (Å²) in [6.45, 7) is 21.4. The zero-order valence-corrected chi connectivity index (χ0v) is 33.3. The van der Waals surface area contributed by atoms with E-state index in [0.717, 1.165) is 10.5 Å². The van der Waals surface area contributed by atoms with E-state index < -0.39 is 18.3 Å². The van der Waals surface area contributed by atoms with Crippen LogP contribution in [0.4, 0.5) is 0 Å². The number of benzene rings is 4. The molecule has 3 heteroatoms. The molecule has 0 spiro atoms. The number of halogens is 2. The first-order chi connectivity index (χ1) is 20.7. The van der Waals surface area contributed by atoms with Crippen LogP contribution in [0.3, 0.4) is 0 Å². The zero-order valence-electron chi connectivity index (χ0n) is 29.3. The van der Waals surface area contributed by atoms with Crippen molar-refractivity contribution in [3.63, 3.8) is 0 Å². The number of fused-ring (bicyclic) bond motifs is 3. The van der Waals surface area contributed by atoms with Gasteiger partial charge in [-0.1, -0.05) is 0 Å². The van der Waals surface area contributed by atoms with Crippen LogP contribution < -0.4 is 6.54 Å². The van der Waals surface area contributed by atoms with Crippen LogP contribution >= 0.6 is 24.8 Å². The summed E-state index contributed by atoms with van der Waals surface area (Å²) >= 11 is -4.52. The van der Waals surface area contributed by atoms with Gasteiger partial charge in [-0.25, -0.2) is 0 Å². The summed E-state index contributed by atoms with van der Waals surface area (Å²) in [6.07, 6.45) is 3.52. The average Bonchev–Trinajstić information content (AvgIpc) is 3.52. The topological polar surface area (TPSA) is 0 Å². The summed E-state index contributed by atoms with van der Waals surface area (Å²) in [6, 6.07) is 35.0. The van der Waals surface area contributed by atoms with Crippen molar-refractivity contribution in [2.45, 2.75) is 83.7 Å². The normalized spacial score (nSPS) is 16.3. The first-order valence-corrected chi connectivity index (χ1v) is 23.7. The van der Waals surface area contributed by atoms with Crippen molar-refractivity contribution in [2.24, 2.45) is 5.92 Å². The molecular weight excluding hydrogens is 679 g/mol. The average molecular weight is 731 g/mol. The molecule has 0 fully saturated rings. The van der Waals surface area contributed by atoms with E-state index in [2.05, 4.69) is 159 Å². The Morgan fingerprint density at radius 2 is 1.30 bits per heavy atom. The minimum atomic E-state index is -4.52. The first-order valence-electron chi connectivity index (χ1n) is 16.6. The van der Waals surface area contributed by atoms with Crippen molar-refractivity contribution in [1.82, 2.24) is 0 Å². The molecule has 0 radical (unpaired) electrons. The van der Waals surface area contributed by atoms with E-state index in [1.165, 1.54) is 53.4 Å². The number of hydrogen-bond acceptors (Lipinski definition) is 0. The second kappa shape index (κ2) is 12.6. The van der Waals surface area contributed by atoms with E-state index in [4.69, 9.17) is 4.21 Å². The Morgan fingerprint density at radius 1 is 0.739 bits per heavy atom. The summed E-state index contributed by atoms with van der Waals surface area (Å²) in [5.41, 5.74) is 13.0. The van der Waals surface area contributed by atoms with Gasteiger partial charge in [0.2, 0.25) is 0 Å². The molecule has 1 atom stereocenters. The van der Waals surface area contributed by atoms with E-state index in [0.29, 0.717) is 5.92 Å². The molecule has 0 bridgehead atoms. The predicted octanol–water partition coefficient (Wildman–Crippen LogP) is 11.2. The molecule has 2 aliphatic carbocycles. The van der Waals surface area contributed by atoms with Crippen molar-refractivity contribution in [1.29, 1.82) is 0 Å². The van der Waals surface area contributed by atoms with Crippen LogP contribution in [0.25, 0.3) is 16.7 Å². The molecule has 0 N–H and O–H groups in total. The van der Waals surface area contributed by atoms with Crippen molar-refractivity contribution < 1.29 is 18.3 Å². The Labute approximate surface area is 291 Å². The van der Waals surface area contributed by atoms with E-state index in [1.807, 2.05) is 0 Å². The van der Waals surface area contributed by atoms with Gasteiger partial charge < -0.3 is 0 Å². The fraction of sp³-hybridized carbons (Fsp3) is 0.326. The second-order valence-electron chi connectivity index (χ2n) is 15.8. The van der Waals surface area contributed by atoms with Gasteiger partial charge in [0.05, 0.1) is 0 Å². The second-order valence-corrected chi connectivity index (χ2v) is 29.9. The third-order valence-corrected chi connectivity index (χ3v) is 28.7. The summed E-state index contributed by atoms with van der Waals surface area (Å²) < 4.78 is 11.5. The molecule has 0 aliphatic heterocycles. The third-order valence-electron chi connectivity index (χ3n) is 11.1. The van der Waals surface area contributed by atoms with E-state index >= 15 is 0 Å². The molecule has 4 aromatic carbocycles. The molecule has 242 valence electrons. The Kier molecular flexibility index (Phi) is 10.0. The van der Waals surface area contributed by atoms with Gasteiger partial charge in [-0.3, -0.25) is 0 Å². The molecular formula is C43H52Cl2Zr. The quantitative estimate of drug-likeness (QED) is 0.169. The molecule has 2 aliphatic rings. The SMILES string of the molecule is Cl.Cl.[CH2]=[Zr]([CH2]C)([C]1=C(C)C(c2ccccc2)=CC1C)([c]1ccccc1)[c]1cc(C(C)(C)C)cc2c1Cc1ccc(C(C)(C)C)cc1-2. The van der Waals surface area contributed by atoms with Crippen molar-refractivity contribution in [2.75, 3.05) is 0 Å². The van der Waals surface area contributed by atoms with Crippen LogP contribution in [0, 0.1) is 5.92 Å². The van der Waals surface area contributed by atoms with E-state index in [9.17, 15) is 0 Å². The molecule has 46 heavy (non-hydrogen) atoms. The Hall–Kier alpha value is -2.31. The molecule has 4 aromatic rings. The van der Waals surface area contributed by atoms with Gasteiger partial charge >= 0.3 is 269 Å². The molecule has 0 nitrogen and oxygen atoms in total. The fourth-order valence-electron chi connectivity index (χ4n) is 8.47. The van der Waals surface area contributed by atoms with Gasteiger partial charge in [0.15, 0.2) is 0 Å². The van der Waals surface area contributed by atoms with Crippen LogP contribution in [-0.2, 0) is 35.5 Å². The molecule has 0 aromatic heterocycles. The first kappa shape index (κ1) is 36.5. The van der Waals surface area contributed by atoms with Crippen LogP contribution in [0.5, 0.6) is 0 Å². The van der Waals surface area contributed by atoms with Crippen LogP contribution in [0.2, 0.25) is 4.13 Å². The van der Waals surface area contributed by atoms with Gasteiger partial charge in [-0.05, 0) is 0 Å².